The fourth-order valence-electron chi connectivity index (χ4n) is 1.68. The molecule has 0 unspecified atom stereocenters. The predicted molar refractivity (Wildman–Crippen MR) is 71.9 cm³/mol. The van der Waals surface area contributed by atoms with Crippen LogP contribution in [0.4, 0.5) is 5.00 Å². The smallest absolute Gasteiger partial charge is 0.338 e. The van der Waals surface area contributed by atoms with Crippen molar-refractivity contribution in [2.45, 2.75) is 13.8 Å². The Kier molecular flexibility index (Phi) is 3.39. The number of nitrogens with zero attached hydrogens (tertiary/aromatic N) is 2. The molecule has 19 heavy (non-hydrogen) atoms. The van der Waals surface area contributed by atoms with Crippen molar-refractivity contribution in [3.05, 3.63) is 34.0 Å². The molecule has 0 aliphatic rings. The number of carboxylic acids is 1. The second-order valence-corrected chi connectivity index (χ2v) is 5.35. The molecule has 2 N–H and O–H groups in total. The van der Waals surface area contributed by atoms with E-state index in [-0.39, 0.29) is 11.3 Å². The number of aromatic carboxylic acids is 1. The minimum absolute atomic E-state index is 0.145. The normalized spacial score (nSPS) is 10.5. The maximum absolute atomic E-state index is 11.9. The minimum atomic E-state index is -1.04. The van der Waals surface area contributed by atoms with Gasteiger partial charge < -0.3 is 10.4 Å². The summed E-state index contributed by atoms with van der Waals surface area (Å²) in [5, 5.41) is 16.1. The molecule has 6 nitrogen and oxygen atoms in total. The van der Waals surface area contributed by atoms with Crippen LogP contribution in [-0.2, 0) is 7.05 Å². The Bertz CT molecular complexity index is 657. The Hall–Kier alpha value is -2.15. The molecule has 0 aliphatic heterocycles. The number of nitrogens with one attached hydrogen (secondary N) is 1. The average Bonchev–Trinajstić information content (AvgIpc) is 2.85. The quantitative estimate of drug-likeness (QED) is 0.900. The van der Waals surface area contributed by atoms with E-state index in [0.29, 0.717) is 10.6 Å². The first-order valence-electron chi connectivity index (χ1n) is 5.54. The van der Waals surface area contributed by atoms with Crippen LogP contribution in [0, 0.1) is 13.8 Å². The van der Waals surface area contributed by atoms with Gasteiger partial charge in [0.25, 0.3) is 5.91 Å². The molecule has 2 rings (SSSR count). The number of anilines is 1. The highest BCUT2D eigenvalue weighted by Crippen LogP contribution is 2.32. The van der Waals surface area contributed by atoms with Crippen LogP contribution in [0.15, 0.2) is 12.3 Å². The molecule has 2 heterocycles. The predicted octanol–water partition coefficient (Wildman–Crippen LogP) is 2.05. The van der Waals surface area contributed by atoms with E-state index >= 15 is 0 Å². The number of aryl methyl sites for hydroxylation is 2. The van der Waals surface area contributed by atoms with E-state index in [1.165, 1.54) is 16.0 Å². The first-order valence-corrected chi connectivity index (χ1v) is 6.36. The summed E-state index contributed by atoms with van der Waals surface area (Å²) in [4.78, 5) is 24.0. The third-order valence-corrected chi connectivity index (χ3v) is 3.90. The van der Waals surface area contributed by atoms with E-state index in [9.17, 15) is 14.7 Å². The SMILES string of the molecule is Cc1sc(NC(=O)c2ccn(C)n2)c(C(=O)O)c1C. The number of hydrogen-bond donors (Lipinski definition) is 2. The van der Waals surface area contributed by atoms with Crippen molar-refractivity contribution in [2.24, 2.45) is 7.05 Å². The molecule has 0 radical (unpaired) electrons. The van der Waals surface area contributed by atoms with Crippen LogP contribution < -0.4 is 5.32 Å². The Morgan fingerprint density at radius 3 is 2.63 bits per heavy atom. The monoisotopic (exact) mass is 279 g/mol. The number of thiophene rings is 1. The molecule has 0 saturated heterocycles. The number of carboxylic acid groups (broad SMARTS) is 1. The minimum Gasteiger partial charge on any atom is -0.478 e. The van der Waals surface area contributed by atoms with Gasteiger partial charge in [0.15, 0.2) is 5.69 Å². The lowest BCUT2D eigenvalue weighted by Gasteiger charge is -2.02. The summed E-state index contributed by atoms with van der Waals surface area (Å²) in [7, 11) is 1.71. The van der Waals surface area contributed by atoms with E-state index in [1.54, 1.807) is 26.2 Å². The van der Waals surface area contributed by atoms with Gasteiger partial charge in [0.1, 0.15) is 5.00 Å². The van der Waals surface area contributed by atoms with Crippen LogP contribution in [0.5, 0.6) is 0 Å². The van der Waals surface area contributed by atoms with Crippen LogP contribution in [0.3, 0.4) is 0 Å². The van der Waals surface area contributed by atoms with Crippen LogP contribution in [0.25, 0.3) is 0 Å². The van der Waals surface area contributed by atoms with Gasteiger partial charge in [-0.15, -0.1) is 11.3 Å². The zero-order valence-electron chi connectivity index (χ0n) is 10.7. The average molecular weight is 279 g/mol. The number of carbonyl (C=O) groups is 2. The lowest BCUT2D eigenvalue weighted by atomic mass is 10.1. The van der Waals surface area contributed by atoms with Gasteiger partial charge in [0.05, 0.1) is 5.56 Å². The van der Waals surface area contributed by atoms with E-state index in [0.717, 1.165) is 4.88 Å². The Labute approximate surface area is 113 Å². The second-order valence-electron chi connectivity index (χ2n) is 4.12. The molecule has 0 spiro atoms. The number of aromatic nitrogens is 2. The topological polar surface area (TPSA) is 84.2 Å². The molecule has 1 amide bonds. The molecule has 0 fully saturated rings. The van der Waals surface area contributed by atoms with Crippen molar-refractivity contribution in [3.8, 4) is 0 Å². The number of amides is 1. The van der Waals surface area contributed by atoms with Gasteiger partial charge in [0, 0.05) is 18.1 Å². The molecule has 100 valence electrons. The van der Waals surface area contributed by atoms with E-state index < -0.39 is 11.9 Å². The molecule has 0 bridgehead atoms. The molecule has 0 aromatic carbocycles. The van der Waals surface area contributed by atoms with Gasteiger partial charge in [-0.2, -0.15) is 5.10 Å². The second kappa shape index (κ2) is 4.85. The van der Waals surface area contributed by atoms with Crippen molar-refractivity contribution in [3.63, 3.8) is 0 Å². The van der Waals surface area contributed by atoms with E-state index in [2.05, 4.69) is 10.4 Å². The number of rotatable bonds is 3. The van der Waals surface area contributed by atoms with Gasteiger partial charge in [0.2, 0.25) is 0 Å². The van der Waals surface area contributed by atoms with Crippen molar-refractivity contribution in [1.82, 2.24) is 9.78 Å². The Balaban J connectivity index is 2.31. The van der Waals surface area contributed by atoms with Gasteiger partial charge in [-0.25, -0.2) is 4.79 Å². The molecule has 7 heteroatoms. The highest BCUT2D eigenvalue weighted by atomic mass is 32.1. The lowest BCUT2D eigenvalue weighted by molar-refractivity contribution is 0.0697. The van der Waals surface area contributed by atoms with Gasteiger partial charge >= 0.3 is 5.97 Å². The number of carbonyl (C=O) groups excluding carboxylic acids is 1. The summed E-state index contributed by atoms with van der Waals surface area (Å²) in [6, 6.07) is 1.57. The zero-order valence-corrected chi connectivity index (χ0v) is 11.5. The van der Waals surface area contributed by atoms with Crippen LogP contribution in [0.2, 0.25) is 0 Å². The third kappa shape index (κ3) is 2.50. The maximum Gasteiger partial charge on any atom is 0.338 e. The van der Waals surface area contributed by atoms with Crippen LogP contribution >= 0.6 is 11.3 Å². The molecule has 0 saturated carbocycles. The highest BCUT2D eigenvalue weighted by Gasteiger charge is 2.21. The molecule has 0 atom stereocenters. The maximum atomic E-state index is 11.9. The summed E-state index contributed by atoms with van der Waals surface area (Å²) in [5.41, 5.74) is 1.07. The van der Waals surface area contributed by atoms with Crippen LogP contribution in [-0.4, -0.2) is 26.8 Å². The van der Waals surface area contributed by atoms with Crippen LogP contribution in [0.1, 0.15) is 31.3 Å². The molecule has 0 aliphatic carbocycles. The number of hydrogen-bond acceptors (Lipinski definition) is 4. The van der Waals surface area contributed by atoms with E-state index in [1.807, 2.05) is 6.92 Å². The molecule has 2 aromatic heterocycles. The summed E-state index contributed by atoms with van der Waals surface area (Å²) >= 11 is 1.25. The summed E-state index contributed by atoms with van der Waals surface area (Å²) in [6.45, 7) is 3.55. The first kappa shape index (κ1) is 13.3. The zero-order chi connectivity index (χ0) is 14.2. The summed E-state index contributed by atoms with van der Waals surface area (Å²) < 4.78 is 1.51. The first-order chi connectivity index (χ1) is 8.90. The summed E-state index contributed by atoms with van der Waals surface area (Å²) in [5.74, 6) is -1.46. The van der Waals surface area contributed by atoms with Gasteiger partial charge in [-0.05, 0) is 25.5 Å². The standard InChI is InChI=1S/C12H13N3O3S/c1-6-7(2)19-11(9(6)12(17)18)13-10(16)8-4-5-15(3)14-8/h4-5H,1-3H3,(H,13,16)(H,17,18). The van der Waals surface area contributed by atoms with Crippen molar-refractivity contribution in [2.75, 3.05) is 5.32 Å². The van der Waals surface area contributed by atoms with Crippen molar-refractivity contribution < 1.29 is 14.7 Å². The molecular formula is C12H13N3O3S. The fourth-order valence-corrected chi connectivity index (χ4v) is 2.72. The molecular weight excluding hydrogens is 266 g/mol. The Morgan fingerprint density at radius 2 is 2.11 bits per heavy atom. The van der Waals surface area contributed by atoms with Crippen molar-refractivity contribution >= 4 is 28.2 Å². The largest absolute Gasteiger partial charge is 0.478 e. The van der Waals surface area contributed by atoms with Gasteiger partial charge in [-0.3, -0.25) is 9.48 Å². The van der Waals surface area contributed by atoms with Gasteiger partial charge in [-0.1, -0.05) is 0 Å². The summed E-state index contributed by atoms with van der Waals surface area (Å²) in [6.07, 6.45) is 1.65. The fraction of sp³-hybridized carbons (Fsp3) is 0.250. The Morgan fingerprint density at radius 1 is 1.42 bits per heavy atom. The highest BCUT2D eigenvalue weighted by molar-refractivity contribution is 7.16. The van der Waals surface area contributed by atoms with E-state index in [4.69, 9.17) is 0 Å². The van der Waals surface area contributed by atoms with Crippen molar-refractivity contribution in [1.29, 1.82) is 0 Å². The molecule has 2 aromatic rings. The lowest BCUT2D eigenvalue weighted by Crippen LogP contribution is -2.14. The third-order valence-electron chi connectivity index (χ3n) is 2.77.